The lowest BCUT2D eigenvalue weighted by atomic mass is 10.2. The van der Waals surface area contributed by atoms with Gasteiger partial charge in [0.25, 0.3) is 5.69 Å². The van der Waals surface area contributed by atoms with Crippen LogP contribution in [0.5, 0.6) is 0 Å². The molecule has 0 heterocycles. The lowest BCUT2D eigenvalue weighted by Gasteiger charge is -2.06. The van der Waals surface area contributed by atoms with E-state index in [9.17, 15) is 23.7 Å². The summed E-state index contributed by atoms with van der Waals surface area (Å²) in [5.74, 6) is -3.47. The third kappa shape index (κ3) is 2.94. The van der Waals surface area contributed by atoms with Gasteiger partial charge in [-0.25, -0.2) is 8.78 Å². The number of carbonyl (C=O) groups excluding carboxylic acids is 1. The highest BCUT2D eigenvalue weighted by atomic mass is 19.2. The van der Waals surface area contributed by atoms with E-state index in [-0.39, 0.29) is 13.0 Å². The second kappa shape index (κ2) is 5.30. The second-order valence-electron chi connectivity index (χ2n) is 3.10. The Morgan fingerprint density at radius 3 is 2.65 bits per heavy atom. The number of nitro benzene ring substituents is 1. The Hall–Kier alpha value is -2.09. The minimum absolute atomic E-state index is 0.00341. The molecule has 0 saturated heterocycles. The molecule has 0 aliphatic rings. The molecule has 0 aliphatic carbocycles. The number of hydrogen-bond acceptors (Lipinski definition) is 4. The van der Waals surface area contributed by atoms with Crippen LogP contribution in [0.2, 0.25) is 0 Å². The zero-order valence-electron chi connectivity index (χ0n) is 8.57. The molecule has 3 N–H and O–H groups in total. The van der Waals surface area contributed by atoms with Crippen LogP contribution in [0.15, 0.2) is 12.1 Å². The molecule has 0 atom stereocenters. The fraction of sp³-hybridized carbons (Fsp3) is 0.222. The number of amides is 1. The van der Waals surface area contributed by atoms with Crippen molar-refractivity contribution in [2.45, 2.75) is 6.42 Å². The largest absolute Gasteiger partial charge is 0.330 e. The summed E-state index contributed by atoms with van der Waals surface area (Å²) in [6.07, 6.45) is -0.146. The predicted octanol–water partition coefficient (Wildman–Crippen LogP) is 1.16. The highest BCUT2D eigenvalue weighted by molar-refractivity contribution is 5.93. The van der Waals surface area contributed by atoms with Crippen LogP contribution in [0.4, 0.5) is 20.2 Å². The molecule has 0 aliphatic heterocycles. The lowest BCUT2D eigenvalue weighted by Crippen LogP contribution is -2.18. The zero-order valence-corrected chi connectivity index (χ0v) is 8.57. The Kier molecular flexibility index (Phi) is 4.05. The van der Waals surface area contributed by atoms with Gasteiger partial charge in [0.05, 0.1) is 4.92 Å². The van der Waals surface area contributed by atoms with Crippen molar-refractivity contribution in [1.29, 1.82) is 0 Å². The van der Waals surface area contributed by atoms with Gasteiger partial charge in [-0.1, -0.05) is 0 Å². The predicted molar refractivity (Wildman–Crippen MR) is 55.3 cm³/mol. The minimum atomic E-state index is -1.47. The van der Waals surface area contributed by atoms with E-state index < -0.39 is 33.8 Å². The summed E-state index contributed by atoms with van der Waals surface area (Å²) in [6, 6.07) is 1.39. The van der Waals surface area contributed by atoms with Gasteiger partial charge in [-0.3, -0.25) is 14.9 Å². The van der Waals surface area contributed by atoms with Crippen LogP contribution in [-0.2, 0) is 4.79 Å². The zero-order chi connectivity index (χ0) is 13.0. The molecule has 0 saturated carbocycles. The van der Waals surface area contributed by atoms with E-state index in [2.05, 4.69) is 0 Å². The number of benzene rings is 1. The Morgan fingerprint density at radius 2 is 2.12 bits per heavy atom. The summed E-state index contributed by atoms with van der Waals surface area (Å²) < 4.78 is 26.2. The van der Waals surface area contributed by atoms with Gasteiger partial charge in [-0.15, -0.1) is 0 Å². The molecule has 1 aromatic carbocycles. The van der Waals surface area contributed by atoms with E-state index in [1.807, 2.05) is 5.32 Å². The van der Waals surface area contributed by atoms with Gasteiger partial charge in [0.1, 0.15) is 0 Å². The molecule has 0 fully saturated rings. The Balaban J connectivity index is 3.14. The summed E-state index contributed by atoms with van der Waals surface area (Å²) in [6.45, 7) is -0.00341. The molecule has 17 heavy (non-hydrogen) atoms. The Labute approximate surface area is 94.6 Å². The van der Waals surface area contributed by atoms with E-state index in [1.165, 1.54) is 0 Å². The average molecular weight is 245 g/mol. The van der Waals surface area contributed by atoms with E-state index >= 15 is 0 Å². The molecule has 1 rings (SSSR count). The normalized spacial score (nSPS) is 10.1. The molecule has 8 heteroatoms. The van der Waals surface area contributed by atoms with E-state index in [0.717, 1.165) is 6.07 Å². The molecule has 0 unspecified atom stereocenters. The second-order valence-corrected chi connectivity index (χ2v) is 3.10. The quantitative estimate of drug-likeness (QED) is 0.614. The van der Waals surface area contributed by atoms with E-state index in [1.54, 1.807) is 0 Å². The fourth-order valence-electron chi connectivity index (χ4n) is 1.14. The standard InChI is InChI=1S/C9H9F2N3O3/c10-5-1-2-6(14(16)17)9(8(5)11)13-7(15)3-4-12/h1-2H,3-4,12H2,(H,13,15). The summed E-state index contributed by atoms with van der Waals surface area (Å²) in [5.41, 5.74) is 3.59. The molecule has 6 nitrogen and oxygen atoms in total. The van der Waals surface area contributed by atoms with Crippen LogP contribution >= 0.6 is 0 Å². The first kappa shape index (κ1) is 13.0. The maximum Gasteiger partial charge on any atom is 0.296 e. The maximum atomic E-state index is 13.3. The summed E-state index contributed by atoms with van der Waals surface area (Å²) in [7, 11) is 0. The number of nitrogens with two attached hydrogens (primary N) is 1. The number of anilines is 1. The Morgan fingerprint density at radius 1 is 1.47 bits per heavy atom. The van der Waals surface area contributed by atoms with Crippen LogP contribution in [0.3, 0.4) is 0 Å². The molecule has 0 bridgehead atoms. The molecule has 1 amide bonds. The van der Waals surface area contributed by atoms with Gasteiger partial charge in [-0.05, 0) is 6.07 Å². The summed E-state index contributed by atoms with van der Waals surface area (Å²) >= 11 is 0. The molecule has 0 spiro atoms. The van der Waals surface area contributed by atoms with Crippen LogP contribution in [-0.4, -0.2) is 17.4 Å². The summed E-state index contributed by atoms with van der Waals surface area (Å²) in [4.78, 5) is 20.8. The van der Waals surface area contributed by atoms with Crippen molar-refractivity contribution in [2.24, 2.45) is 5.73 Å². The van der Waals surface area contributed by atoms with Gasteiger partial charge in [0.2, 0.25) is 5.91 Å². The topological polar surface area (TPSA) is 98.3 Å². The van der Waals surface area contributed by atoms with Gasteiger partial charge < -0.3 is 11.1 Å². The van der Waals surface area contributed by atoms with Crippen molar-refractivity contribution in [2.75, 3.05) is 11.9 Å². The first-order valence-electron chi connectivity index (χ1n) is 4.59. The van der Waals surface area contributed by atoms with Crippen LogP contribution in [0.25, 0.3) is 0 Å². The maximum absolute atomic E-state index is 13.3. The highest BCUT2D eigenvalue weighted by Gasteiger charge is 2.22. The molecule has 0 radical (unpaired) electrons. The molecule has 92 valence electrons. The number of nitrogens with zero attached hydrogens (tertiary/aromatic N) is 1. The highest BCUT2D eigenvalue weighted by Crippen LogP contribution is 2.29. The molecular weight excluding hydrogens is 236 g/mol. The van der Waals surface area contributed by atoms with Crippen molar-refractivity contribution in [1.82, 2.24) is 0 Å². The number of carbonyl (C=O) groups is 1. The van der Waals surface area contributed by atoms with Crippen molar-refractivity contribution in [3.05, 3.63) is 33.9 Å². The monoisotopic (exact) mass is 245 g/mol. The average Bonchev–Trinajstić information content (AvgIpc) is 2.25. The minimum Gasteiger partial charge on any atom is -0.330 e. The summed E-state index contributed by atoms with van der Waals surface area (Å²) in [5, 5.41) is 12.5. The van der Waals surface area contributed by atoms with Gasteiger partial charge in [0, 0.05) is 19.0 Å². The number of halogens is 2. The van der Waals surface area contributed by atoms with Crippen LogP contribution in [0.1, 0.15) is 6.42 Å². The van der Waals surface area contributed by atoms with Crippen molar-refractivity contribution in [3.8, 4) is 0 Å². The first-order valence-corrected chi connectivity index (χ1v) is 4.59. The third-order valence-electron chi connectivity index (χ3n) is 1.91. The van der Waals surface area contributed by atoms with Crippen molar-refractivity contribution < 1.29 is 18.5 Å². The lowest BCUT2D eigenvalue weighted by molar-refractivity contribution is -0.384. The smallest absolute Gasteiger partial charge is 0.296 e. The third-order valence-corrected chi connectivity index (χ3v) is 1.91. The SMILES string of the molecule is NCCC(=O)Nc1c([N+](=O)[O-])ccc(F)c1F. The van der Waals surface area contributed by atoms with Crippen LogP contribution < -0.4 is 11.1 Å². The van der Waals surface area contributed by atoms with Crippen LogP contribution in [0, 0.1) is 21.7 Å². The number of nitrogens with one attached hydrogen (secondary N) is 1. The number of nitro groups is 1. The first-order chi connectivity index (χ1) is 7.97. The number of rotatable bonds is 4. The van der Waals surface area contributed by atoms with Crippen molar-refractivity contribution in [3.63, 3.8) is 0 Å². The van der Waals surface area contributed by atoms with Gasteiger partial charge >= 0.3 is 0 Å². The van der Waals surface area contributed by atoms with E-state index in [4.69, 9.17) is 5.73 Å². The Bertz CT molecular complexity index is 465. The van der Waals surface area contributed by atoms with E-state index in [0.29, 0.717) is 6.07 Å². The molecule has 1 aromatic rings. The fourth-order valence-corrected chi connectivity index (χ4v) is 1.14. The molecular formula is C9H9F2N3O3. The molecule has 0 aromatic heterocycles. The van der Waals surface area contributed by atoms with Gasteiger partial charge in [-0.2, -0.15) is 0 Å². The number of hydrogen-bond donors (Lipinski definition) is 2. The van der Waals surface area contributed by atoms with Gasteiger partial charge in [0.15, 0.2) is 17.3 Å². The van der Waals surface area contributed by atoms with Crippen molar-refractivity contribution >= 4 is 17.3 Å².